The monoisotopic (exact) mass is 373 g/mol. The van der Waals surface area contributed by atoms with Gasteiger partial charge in [0, 0.05) is 30.4 Å². The largest absolute Gasteiger partial charge is 0.326 e. The van der Waals surface area contributed by atoms with Crippen LogP contribution in [0.25, 0.3) is 0 Å². The van der Waals surface area contributed by atoms with Crippen LogP contribution in [0.3, 0.4) is 0 Å². The lowest BCUT2D eigenvalue weighted by molar-refractivity contribution is -0.114. The van der Waals surface area contributed by atoms with Crippen molar-refractivity contribution in [3.05, 3.63) is 54.1 Å². The Morgan fingerprint density at radius 1 is 1.00 bits per heavy atom. The maximum Gasteiger partial charge on any atom is 0.255 e. The van der Waals surface area contributed by atoms with Crippen LogP contribution < -0.4 is 14.9 Å². The number of rotatable bonds is 4. The molecule has 2 aromatic carbocycles. The zero-order chi connectivity index (χ0) is 18.7. The van der Waals surface area contributed by atoms with E-state index in [2.05, 4.69) is 10.6 Å². The molecule has 0 spiro atoms. The molecule has 136 valence electrons. The summed E-state index contributed by atoms with van der Waals surface area (Å²) in [6, 6.07) is 13.3. The number of sulfonamides is 1. The second-order valence-corrected chi connectivity index (χ2v) is 8.02. The molecule has 0 atom stereocenters. The number of nitrogens with one attached hydrogen (secondary N) is 2. The van der Waals surface area contributed by atoms with Crippen molar-refractivity contribution in [1.29, 1.82) is 0 Å². The number of benzene rings is 2. The van der Waals surface area contributed by atoms with Gasteiger partial charge in [0.25, 0.3) is 5.91 Å². The molecule has 0 aromatic heterocycles. The third-order valence-electron chi connectivity index (χ3n) is 3.94. The Balaban J connectivity index is 1.79. The first-order valence-electron chi connectivity index (χ1n) is 8.15. The summed E-state index contributed by atoms with van der Waals surface area (Å²) >= 11 is 0. The van der Waals surface area contributed by atoms with Gasteiger partial charge in [-0.2, -0.15) is 0 Å². The average Bonchev–Trinajstić information content (AvgIpc) is 2.94. The van der Waals surface area contributed by atoms with Crippen molar-refractivity contribution in [2.24, 2.45) is 0 Å². The molecule has 2 aromatic rings. The Hall–Kier alpha value is -2.87. The Morgan fingerprint density at radius 3 is 2.35 bits per heavy atom. The molecule has 3 rings (SSSR count). The molecule has 0 unspecified atom stereocenters. The normalized spacial score (nSPS) is 15.5. The van der Waals surface area contributed by atoms with Gasteiger partial charge in [0.15, 0.2) is 0 Å². The van der Waals surface area contributed by atoms with Gasteiger partial charge in [0.1, 0.15) is 0 Å². The van der Waals surface area contributed by atoms with Crippen molar-refractivity contribution < 1.29 is 18.0 Å². The third kappa shape index (κ3) is 4.02. The molecule has 7 nitrogen and oxygen atoms in total. The van der Waals surface area contributed by atoms with Crippen molar-refractivity contribution in [3.63, 3.8) is 0 Å². The van der Waals surface area contributed by atoms with E-state index in [1.54, 1.807) is 48.5 Å². The summed E-state index contributed by atoms with van der Waals surface area (Å²) in [5.74, 6) is -0.435. The van der Waals surface area contributed by atoms with E-state index in [1.807, 2.05) is 0 Å². The summed E-state index contributed by atoms with van der Waals surface area (Å²) in [5.41, 5.74) is 1.95. The number of carbonyl (C=O) groups excluding carboxylic acids is 2. The zero-order valence-electron chi connectivity index (χ0n) is 14.2. The molecule has 2 N–H and O–H groups in total. The summed E-state index contributed by atoms with van der Waals surface area (Å²) in [4.78, 5) is 23.6. The van der Waals surface area contributed by atoms with Gasteiger partial charge in [-0.25, -0.2) is 8.42 Å². The molecule has 1 saturated heterocycles. The van der Waals surface area contributed by atoms with Gasteiger partial charge in [-0.1, -0.05) is 12.1 Å². The summed E-state index contributed by atoms with van der Waals surface area (Å²) in [7, 11) is -3.30. The van der Waals surface area contributed by atoms with E-state index < -0.39 is 10.0 Å². The number of carbonyl (C=O) groups is 2. The van der Waals surface area contributed by atoms with Crippen molar-refractivity contribution in [2.75, 3.05) is 27.2 Å². The Kier molecular flexibility index (Phi) is 4.94. The Morgan fingerprint density at radius 2 is 1.69 bits per heavy atom. The number of hydrogen-bond acceptors (Lipinski definition) is 4. The topological polar surface area (TPSA) is 95.6 Å². The van der Waals surface area contributed by atoms with Crippen molar-refractivity contribution in [3.8, 4) is 0 Å². The highest BCUT2D eigenvalue weighted by Gasteiger charge is 2.28. The van der Waals surface area contributed by atoms with E-state index in [4.69, 9.17) is 0 Å². The second kappa shape index (κ2) is 7.17. The van der Waals surface area contributed by atoms with Gasteiger partial charge < -0.3 is 10.6 Å². The van der Waals surface area contributed by atoms with Gasteiger partial charge in [0.05, 0.1) is 11.4 Å². The fourth-order valence-electron chi connectivity index (χ4n) is 2.81. The summed E-state index contributed by atoms with van der Waals surface area (Å²) in [6.07, 6.45) is 0.578. The van der Waals surface area contributed by atoms with Gasteiger partial charge in [-0.05, 0) is 42.8 Å². The number of amides is 2. The van der Waals surface area contributed by atoms with E-state index in [0.29, 0.717) is 35.6 Å². The highest BCUT2D eigenvalue weighted by Crippen LogP contribution is 2.25. The van der Waals surface area contributed by atoms with Crippen molar-refractivity contribution >= 4 is 38.9 Å². The van der Waals surface area contributed by atoms with E-state index in [0.717, 1.165) is 0 Å². The smallest absolute Gasteiger partial charge is 0.255 e. The maximum absolute atomic E-state index is 12.5. The molecule has 2 amide bonds. The maximum atomic E-state index is 12.5. The number of nitrogens with zero attached hydrogens (tertiary/aromatic N) is 1. The standard InChI is InChI=1S/C18H19N3O4S/c1-13(22)19-15-6-3-7-16(12-15)20-18(23)14-5-2-8-17(11-14)21-9-4-10-26(21,24)25/h2-3,5-8,11-12H,4,9-10H2,1H3,(H,19,22)(H,20,23). The SMILES string of the molecule is CC(=O)Nc1cccc(NC(=O)c2cccc(N3CCCS3(=O)=O)c2)c1. The van der Waals surface area contributed by atoms with Crippen LogP contribution in [-0.2, 0) is 14.8 Å². The molecule has 1 aliphatic heterocycles. The molecule has 0 saturated carbocycles. The fourth-order valence-corrected chi connectivity index (χ4v) is 4.37. The molecule has 1 fully saturated rings. The van der Waals surface area contributed by atoms with Crippen LogP contribution in [0.2, 0.25) is 0 Å². The lowest BCUT2D eigenvalue weighted by atomic mass is 10.1. The van der Waals surface area contributed by atoms with Crippen LogP contribution in [0, 0.1) is 0 Å². The molecule has 1 heterocycles. The van der Waals surface area contributed by atoms with Gasteiger partial charge in [0.2, 0.25) is 15.9 Å². The third-order valence-corrected chi connectivity index (χ3v) is 5.81. The Bertz CT molecular complexity index is 956. The number of anilines is 3. The molecule has 26 heavy (non-hydrogen) atoms. The lowest BCUT2D eigenvalue weighted by Crippen LogP contribution is -2.25. The van der Waals surface area contributed by atoms with Crippen LogP contribution in [0.1, 0.15) is 23.7 Å². The predicted octanol–water partition coefficient (Wildman–Crippen LogP) is 2.44. The first kappa shape index (κ1) is 17.9. The molecule has 1 aliphatic rings. The molecule has 0 radical (unpaired) electrons. The van der Waals surface area contributed by atoms with Crippen LogP contribution >= 0.6 is 0 Å². The lowest BCUT2D eigenvalue weighted by Gasteiger charge is -2.17. The number of hydrogen-bond donors (Lipinski definition) is 2. The van der Waals surface area contributed by atoms with E-state index in [-0.39, 0.29) is 17.6 Å². The fraction of sp³-hybridized carbons (Fsp3) is 0.222. The van der Waals surface area contributed by atoms with E-state index in [1.165, 1.54) is 11.2 Å². The first-order chi connectivity index (χ1) is 12.3. The van der Waals surface area contributed by atoms with Crippen LogP contribution in [0.5, 0.6) is 0 Å². The molecule has 0 bridgehead atoms. The summed E-state index contributed by atoms with van der Waals surface area (Å²) in [5, 5.41) is 5.40. The zero-order valence-corrected chi connectivity index (χ0v) is 15.0. The van der Waals surface area contributed by atoms with Gasteiger partial charge in [-0.15, -0.1) is 0 Å². The van der Waals surface area contributed by atoms with E-state index in [9.17, 15) is 18.0 Å². The van der Waals surface area contributed by atoms with Crippen LogP contribution in [0.15, 0.2) is 48.5 Å². The average molecular weight is 373 g/mol. The quantitative estimate of drug-likeness (QED) is 0.860. The minimum absolute atomic E-state index is 0.124. The second-order valence-electron chi connectivity index (χ2n) is 6.01. The predicted molar refractivity (Wildman–Crippen MR) is 101 cm³/mol. The molecule has 8 heteroatoms. The summed E-state index contributed by atoms with van der Waals surface area (Å²) in [6.45, 7) is 1.83. The van der Waals surface area contributed by atoms with Crippen LogP contribution in [-0.4, -0.2) is 32.5 Å². The first-order valence-corrected chi connectivity index (χ1v) is 9.75. The highest BCUT2D eigenvalue weighted by atomic mass is 32.2. The molecular formula is C18H19N3O4S. The molecular weight excluding hydrogens is 354 g/mol. The van der Waals surface area contributed by atoms with Crippen molar-refractivity contribution in [1.82, 2.24) is 0 Å². The van der Waals surface area contributed by atoms with Gasteiger partial charge in [-0.3, -0.25) is 13.9 Å². The Labute approximate surface area is 152 Å². The van der Waals surface area contributed by atoms with Crippen LogP contribution in [0.4, 0.5) is 17.1 Å². The highest BCUT2D eigenvalue weighted by molar-refractivity contribution is 7.93. The minimum atomic E-state index is -3.30. The van der Waals surface area contributed by atoms with E-state index >= 15 is 0 Å². The minimum Gasteiger partial charge on any atom is -0.326 e. The molecule has 0 aliphatic carbocycles. The summed E-state index contributed by atoms with van der Waals surface area (Å²) < 4.78 is 25.4. The van der Waals surface area contributed by atoms with Gasteiger partial charge >= 0.3 is 0 Å². The van der Waals surface area contributed by atoms with Crippen molar-refractivity contribution in [2.45, 2.75) is 13.3 Å².